The van der Waals surface area contributed by atoms with Crippen LogP contribution in [0.25, 0.3) is 0 Å². The molecule has 0 aliphatic carbocycles. The van der Waals surface area contributed by atoms with Gasteiger partial charge in [0.1, 0.15) is 0 Å². The predicted octanol–water partition coefficient (Wildman–Crippen LogP) is 0.0958. The third-order valence-electron chi connectivity index (χ3n) is 3.53. The summed E-state index contributed by atoms with van der Waals surface area (Å²) in [5, 5.41) is 0. The zero-order chi connectivity index (χ0) is 20.5. The van der Waals surface area contributed by atoms with E-state index < -0.39 is 23.6 Å². The Bertz CT molecular complexity index is 826. The molecule has 0 aliphatic heterocycles. The number of pyridine rings is 2. The highest BCUT2D eigenvalue weighted by molar-refractivity contribution is 5.96. The molecule has 2 aromatic heterocycles. The average Bonchev–Trinajstić information content (AvgIpc) is 2.68. The molecule has 2 rings (SSSR count). The molecule has 0 atom stereocenters. The minimum Gasteiger partial charge on any atom is -0.273 e. The number of amides is 4. The first-order valence-corrected chi connectivity index (χ1v) is 8.39. The monoisotopic (exact) mass is 384 g/mol. The van der Waals surface area contributed by atoms with Gasteiger partial charge in [0.2, 0.25) is 11.8 Å². The molecule has 10 nitrogen and oxygen atoms in total. The lowest BCUT2D eigenvalue weighted by Crippen LogP contribution is -2.44. The van der Waals surface area contributed by atoms with E-state index in [0.29, 0.717) is 22.5 Å². The van der Waals surface area contributed by atoms with Crippen LogP contribution in [0, 0.1) is 13.8 Å². The summed E-state index contributed by atoms with van der Waals surface area (Å²) in [5.74, 6) is -2.10. The molecular weight excluding hydrogens is 364 g/mol. The molecule has 0 saturated carbocycles. The first-order chi connectivity index (χ1) is 13.3. The van der Waals surface area contributed by atoms with E-state index in [9.17, 15) is 19.2 Å². The summed E-state index contributed by atoms with van der Waals surface area (Å²) in [4.78, 5) is 55.2. The van der Waals surface area contributed by atoms with E-state index in [1.807, 2.05) is 0 Å². The molecule has 0 aliphatic rings. The van der Waals surface area contributed by atoms with Crippen LogP contribution in [0.15, 0.2) is 36.7 Å². The highest BCUT2D eigenvalue weighted by Gasteiger charge is 2.11. The Morgan fingerprint density at radius 3 is 1.46 bits per heavy atom. The first-order valence-electron chi connectivity index (χ1n) is 8.39. The number of aromatic nitrogens is 2. The molecule has 0 spiro atoms. The number of aryl methyl sites for hydroxylation is 2. The van der Waals surface area contributed by atoms with Gasteiger partial charge in [0.05, 0.1) is 0 Å². The molecule has 0 fully saturated rings. The number of hydrazine groups is 2. The van der Waals surface area contributed by atoms with Crippen molar-refractivity contribution < 1.29 is 19.2 Å². The standard InChI is InChI=1S/C18H20N6O4/c1-11-9-13(5-7-19-11)17(27)23-21-15(25)3-4-16(26)22-24-18(28)14-6-8-20-12(2)10-14/h5-10H,3-4H2,1-2H3,(H,21,25)(H,22,26)(H,23,27)(H,24,28). The molecule has 28 heavy (non-hydrogen) atoms. The molecule has 0 bridgehead atoms. The molecule has 0 aromatic carbocycles. The van der Waals surface area contributed by atoms with Crippen molar-refractivity contribution in [2.75, 3.05) is 0 Å². The summed E-state index contributed by atoms with van der Waals surface area (Å²) in [5.41, 5.74) is 11.0. The van der Waals surface area contributed by atoms with Crippen LogP contribution < -0.4 is 21.7 Å². The summed E-state index contributed by atoms with van der Waals surface area (Å²) >= 11 is 0. The van der Waals surface area contributed by atoms with E-state index in [1.54, 1.807) is 26.0 Å². The Labute approximate surface area is 161 Å². The molecule has 4 amide bonds. The molecule has 146 valence electrons. The minimum absolute atomic E-state index is 0.175. The lowest BCUT2D eigenvalue weighted by Gasteiger charge is -2.09. The summed E-state index contributed by atoms with van der Waals surface area (Å²) in [6.07, 6.45) is 2.62. The number of nitrogens with zero attached hydrogens (tertiary/aromatic N) is 2. The fourth-order valence-corrected chi connectivity index (χ4v) is 2.12. The van der Waals surface area contributed by atoms with Crippen molar-refractivity contribution in [3.8, 4) is 0 Å². The van der Waals surface area contributed by atoms with Gasteiger partial charge in [0.15, 0.2) is 0 Å². The molecule has 0 saturated heterocycles. The Balaban J connectivity index is 1.68. The van der Waals surface area contributed by atoms with Gasteiger partial charge in [-0.2, -0.15) is 0 Å². The zero-order valence-electron chi connectivity index (χ0n) is 15.4. The van der Waals surface area contributed by atoms with Crippen LogP contribution in [-0.2, 0) is 9.59 Å². The van der Waals surface area contributed by atoms with Crippen molar-refractivity contribution >= 4 is 23.6 Å². The summed E-state index contributed by atoms with van der Waals surface area (Å²) in [6, 6.07) is 6.16. The smallest absolute Gasteiger partial charge is 0.269 e. The third kappa shape index (κ3) is 6.48. The van der Waals surface area contributed by atoms with E-state index in [1.165, 1.54) is 24.5 Å². The Hall–Kier alpha value is -3.82. The van der Waals surface area contributed by atoms with Crippen molar-refractivity contribution in [2.24, 2.45) is 0 Å². The maximum absolute atomic E-state index is 11.9. The normalized spacial score (nSPS) is 9.93. The first kappa shape index (κ1) is 20.5. The van der Waals surface area contributed by atoms with Crippen molar-refractivity contribution in [1.82, 2.24) is 31.7 Å². The molecule has 10 heteroatoms. The van der Waals surface area contributed by atoms with Gasteiger partial charge < -0.3 is 0 Å². The van der Waals surface area contributed by atoms with E-state index in [0.717, 1.165) is 0 Å². The minimum atomic E-state index is -0.551. The number of carbonyl (C=O) groups excluding carboxylic acids is 4. The highest BCUT2D eigenvalue weighted by atomic mass is 16.2. The molecule has 0 radical (unpaired) electrons. The number of rotatable bonds is 5. The summed E-state index contributed by atoms with van der Waals surface area (Å²) in [7, 11) is 0. The van der Waals surface area contributed by atoms with Crippen LogP contribution in [-0.4, -0.2) is 33.6 Å². The second-order valence-corrected chi connectivity index (χ2v) is 5.88. The second kappa shape index (κ2) is 9.76. The Morgan fingerprint density at radius 1 is 0.714 bits per heavy atom. The fraction of sp³-hybridized carbons (Fsp3) is 0.222. The fourth-order valence-electron chi connectivity index (χ4n) is 2.12. The highest BCUT2D eigenvalue weighted by Crippen LogP contribution is 2.01. The van der Waals surface area contributed by atoms with Gasteiger partial charge in [-0.3, -0.25) is 50.8 Å². The van der Waals surface area contributed by atoms with E-state index in [2.05, 4.69) is 31.7 Å². The van der Waals surface area contributed by atoms with Gasteiger partial charge >= 0.3 is 0 Å². The van der Waals surface area contributed by atoms with Crippen molar-refractivity contribution in [2.45, 2.75) is 26.7 Å². The van der Waals surface area contributed by atoms with E-state index in [4.69, 9.17) is 0 Å². The van der Waals surface area contributed by atoms with Crippen LogP contribution in [0.5, 0.6) is 0 Å². The topological polar surface area (TPSA) is 142 Å². The second-order valence-electron chi connectivity index (χ2n) is 5.88. The van der Waals surface area contributed by atoms with Crippen molar-refractivity contribution in [1.29, 1.82) is 0 Å². The van der Waals surface area contributed by atoms with Gasteiger partial charge in [-0.15, -0.1) is 0 Å². The van der Waals surface area contributed by atoms with Gasteiger partial charge in [-0.05, 0) is 38.1 Å². The van der Waals surface area contributed by atoms with Crippen molar-refractivity contribution in [3.63, 3.8) is 0 Å². The number of hydrogen-bond acceptors (Lipinski definition) is 6. The Morgan fingerprint density at radius 2 is 1.11 bits per heavy atom. The van der Waals surface area contributed by atoms with Crippen LogP contribution in [0.3, 0.4) is 0 Å². The molecular formula is C18H20N6O4. The predicted molar refractivity (Wildman–Crippen MR) is 98.4 cm³/mol. The average molecular weight is 384 g/mol. The van der Waals surface area contributed by atoms with Crippen LogP contribution >= 0.6 is 0 Å². The number of nitrogens with one attached hydrogen (secondary N) is 4. The van der Waals surface area contributed by atoms with Crippen LogP contribution in [0.1, 0.15) is 44.9 Å². The van der Waals surface area contributed by atoms with Crippen LogP contribution in [0.4, 0.5) is 0 Å². The summed E-state index contributed by atoms with van der Waals surface area (Å²) < 4.78 is 0. The quantitative estimate of drug-likeness (QED) is 0.539. The number of hydrogen-bond donors (Lipinski definition) is 4. The van der Waals surface area contributed by atoms with Gasteiger partial charge in [0.25, 0.3) is 11.8 Å². The van der Waals surface area contributed by atoms with Crippen LogP contribution in [0.2, 0.25) is 0 Å². The maximum Gasteiger partial charge on any atom is 0.269 e. The Kier molecular flexibility index (Phi) is 7.14. The third-order valence-corrected chi connectivity index (χ3v) is 3.53. The largest absolute Gasteiger partial charge is 0.273 e. The zero-order valence-corrected chi connectivity index (χ0v) is 15.4. The summed E-state index contributed by atoms with van der Waals surface area (Å²) in [6.45, 7) is 3.48. The van der Waals surface area contributed by atoms with E-state index >= 15 is 0 Å². The molecule has 2 aromatic rings. The molecule has 4 N–H and O–H groups in total. The van der Waals surface area contributed by atoms with Gasteiger partial charge in [-0.1, -0.05) is 0 Å². The maximum atomic E-state index is 11.9. The lowest BCUT2D eigenvalue weighted by molar-refractivity contribution is -0.127. The van der Waals surface area contributed by atoms with Gasteiger partial charge in [0, 0.05) is 47.8 Å². The molecule has 2 heterocycles. The molecule has 0 unspecified atom stereocenters. The number of carbonyl (C=O) groups is 4. The van der Waals surface area contributed by atoms with E-state index in [-0.39, 0.29) is 12.8 Å². The SMILES string of the molecule is Cc1cc(C(=O)NNC(=O)CCC(=O)NNC(=O)c2ccnc(C)c2)ccn1. The lowest BCUT2D eigenvalue weighted by atomic mass is 10.2. The van der Waals surface area contributed by atoms with Gasteiger partial charge in [-0.25, -0.2) is 0 Å². The van der Waals surface area contributed by atoms with Crippen molar-refractivity contribution in [3.05, 3.63) is 59.2 Å².